The number of piperazine rings is 1. The lowest BCUT2D eigenvalue weighted by molar-refractivity contribution is 0.0992. The Morgan fingerprint density at radius 1 is 1.06 bits per heavy atom. The van der Waals surface area contributed by atoms with Crippen LogP contribution >= 0.6 is 11.3 Å². The monoisotopic (exact) mass is 459 g/mol. The van der Waals surface area contributed by atoms with Crippen LogP contribution < -0.4 is 4.90 Å². The Morgan fingerprint density at radius 2 is 1.91 bits per heavy atom. The molecule has 0 spiro atoms. The molecule has 33 heavy (non-hydrogen) atoms. The van der Waals surface area contributed by atoms with Crippen LogP contribution in [0.4, 0.5) is 5.82 Å². The average molecular weight is 460 g/mol. The number of nitrogens with zero attached hydrogens (tertiary/aromatic N) is 7. The first-order chi connectivity index (χ1) is 16.1. The lowest BCUT2D eigenvalue weighted by Gasteiger charge is -2.37. The highest BCUT2D eigenvalue weighted by Gasteiger charge is 2.20. The van der Waals surface area contributed by atoms with Gasteiger partial charge in [-0.3, -0.25) is 19.7 Å². The summed E-state index contributed by atoms with van der Waals surface area (Å²) in [5.41, 5.74) is 4.76. The molecule has 8 nitrogen and oxygen atoms in total. The molecule has 5 rings (SSSR count). The van der Waals surface area contributed by atoms with E-state index in [-0.39, 0.29) is 12.2 Å². The quantitative estimate of drug-likeness (QED) is 0.405. The van der Waals surface area contributed by atoms with Crippen molar-refractivity contribution in [1.82, 2.24) is 30.0 Å². The molecule has 0 N–H and O–H groups in total. The van der Waals surface area contributed by atoms with Gasteiger partial charge in [0.2, 0.25) is 0 Å². The van der Waals surface area contributed by atoms with Crippen LogP contribution in [0.5, 0.6) is 0 Å². The smallest absolute Gasteiger partial charge is 0.169 e. The summed E-state index contributed by atoms with van der Waals surface area (Å²) < 4.78 is 0. The summed E-state index contributed by atoms with van der Waals surface area (Å²) in [4.78, 5) is 31.2. The van der Waals surface area contributed by atoms with Crippen molar-refractivity contribution >= 4 is 33.8 Å². The van der Waals surface area contributed by atoms with E-state index in [1.54, 1.807) is 30.2 Å². The van der Waals surface area contributed by atoms with Crippen LogP contribution in [0, 0.1) is 0 Å². The molecule has 0 unspecified atom stereocenters. The molecule has 4 aromatic heterocycles. The summed E-state index contributed by atoms with van der Waals surface area (Å²) in [5.74, 6) is 0.890. The second-order valence-corrected chi connectivity index (χ2v) is 9.29. The summed E-state index contributed by atoms with van der Waals surface area (Å²) in [6.07, 6.45) is 5.44. The van der Waals surface area contributed by atoms with Crippen molar-refractivity contribution in [2.24, 2.45) is 0 Å². The van der Waals surface area contributed by atoms with E-state index < -0.39 is 0 Å². The number of anilines is 1. The van der Waals surface area contributed by atoms with Crippen molar-refractivity contribution < 1.29 is 4.79 Å². The first kappa shape index (κ1) is 21.5. The van der Waals surface area contributed by atoms with Crippen LogP contribution in [0.2, 0.25) is 0 Å². The fraction of sp³-hybridized carbons (Fsp3) is 0.333. The van der Waals surface area contributed by atoms with Crippen molar-refractivity contribution in [2.75, 3.05) is 31.1 Å². The molecule has 0 bridgehead atoms. The van der Waals surface area contributed by atoms with Crippen LogP contribution in [0.15, 0.2) is 48.4 Å². The van der Waals surface area contributed by atoms with Gasteiger partial charge in [-0.1, -0.05) is 11.3 Å². The molecular weight excluding hydrogens is 434 g/mol. The third-order valence-electron chi connectivity index (χ3n) is 6.01. The van der Waals surface area contributed by atoms with Gasteiger partial charge in [0.15, 0.2) is 5.78 Å². The van der Waals surface area contributed by atoms with Crippen LogP contribution in [-0.4, -0.2) is 68.1 Å². The standard InChI is InChI=1S/C24H25N7OS/c1-16(2)30-5-7-31(8-6-30)23-11-17(3-4-25-23)22(32)12-20-10-18-9-19(24-29-28-15-33-24)13-27-21(18)14-26-20/h3-4,9-11,13-16H,5-8,12H2,1-2H3. The second-order valence-electron chi connectivity index (χ2n) is 8.46. The van der Waals surface area contributed by atoms with E-state index in [0.717, 1.165) is 53.5 Å². The number of aromatic nitrogens is 5. The molecule has 1 aliphatic rings. The Morgan fingerprint density at radius 3 is 2.67 bits per heavy atom. The minimum Gasteiger partial charge on any atom is -0.354 e. The van der Waals surface area contributed by atoms with Gasteiger partial charge in [-0.2, -0.15) is 0 Å². The van der Waals surface area contributed by atoms with E-state index in [1.807, 2.05) is 18.2 Å². The lowest BCUT2D eigenvalue weighted by Crippen LogP contribution is -2.49. The molecule has 168 valence electrons. The Kier molecular flexibility index (Phi) is 6.06. The normalized spacial score (nSPS) is 14.8. The fourth-order valence-corrected chi connectivity index (χ4v) is 4.62. The number of Topliss-reactive ketones (excluding diaryl/α,β-unsaturated/α-hetero) is 1. The number of pyridine rings is 3. The molecule has 0 radical (unpaired) electrons. The molecule has 9 heteroatoms. The summed E-state index contributed by atoms with van der Waals surface area (Å²) in [7, 11) is 0. The summed E-state index contributed by atoms with van der Waals surface area (Å²) in [6.45, 7) is 8.29. The predicted octanol–water partition coefficient (Wildman–Crippen LogP) is 3.50. The summed E-state index contributed by atoms with van der Waals surface area (Å²) >= 11 is 1.47. The molecule has 0 atom stereocenters. The Hall–Kier alpha value is -3.30. The van der Waals surface area contributed by atoms with Gasteiger partial charge in [0.1, 0.15) is 16.3 Å². The van der Waals surface area contributed by atoms with Crippen molar-refractivity contribution in [2.45, 2.75) is 26.3 Å². The molecule has 1 fully saturated rings. The summed E-state index contributed by atoms with van der Waals surface area (Å²) in [5, 5.41) is 9.75. The first-order valence-corrected chi connectivity index (χ1v) is 11.9. The van der Waals surface area contributed by atoms with E-state index in [9.17, 15) is 4.79 Å². The maximum absolute atomic E-state index is 13.1. The molecule has 0 saturated carbocycles. The average Bonchev–Trinajstić information content (AvgIpc) is 3.39. The van der Waals surface area contributed by atoms with Gasteiger partial charge in [0, 0.05) is 66.8 Å². The number of carbonyl (C=O) groups excluding carboxylic acids is 1. The van der Waals surface area contributed by atoms with E-state index in [4.69, 9.17) is 0 Å². The van der Waals surface area contributed by atoms with Gasteiger partial charge < -0.3 is 4.90 Å². The maximum Gasteiger partial charge on any atom is 0.169 e. The first-order valence-electron chi connectivity index (χ1n) is 11.1. The molecule has 1 saturated heterocycles. The zero-order valence-electron chi connectivity index (χ0n) is 18.7. The minimum atomic E-state index is 0.0274. The van der Waals surface area contributed by atoms with Gasteiger partial charge in [-0.15, -0.1) is 10.2 Å². The number of fused-ring (bicyclic) bond motifs is 1. The van der Waals surface area contributed by atoms with Gasteiger partial charge in [0.05, 0.1) is 18.1 Å². The van der Waals surface area contributed by atoms with Gasteiger partial charge >= 0.3 is 0 Å². The van der Waals surface area contributed by atoms with Gasteiger partial charge in [-0.25, -0.2) is 4.98 Å². The number of carbonyl (C=O) groups is 1. The molecule has 0 aromatic carbocycles. The van der Waals surface area contributed by atoms with Crippen molar-refractivity contribution in [3.05, 3.63) is 59.6 Å². The van der Waals surface area contributed by atoms with E-state index in [2.05, 4.69) is 48.8 Å². The third-order valence-corrected chi connectivity index (χ3v) is 6.75. The Labute approximate surface area is 196 Å². The Bertz CT molecular complexity index is 1270. The molecule has 1 aliphatic heterocycles. The van der Waals surface area contributed by atoms with E-state index in [1.165, 1.54) is 11.3 Å². The number of hydrogen-bond acceptors (Lipinski definition) is 9. The predicted molar refractivity (Wildman–Crippen MR) is 130 cm³/mol. The zero-order chi connectivity index (χ0) is 22.8. The molecule has 4 aromatic rings. The highest BCUT2D eigenvalue weighted by atomic mass is 32.1. The SMILES string of the molecule is CC(C)N1CCN(c2cc(C(=O)Cc3cc4cc(-c5nncs5)cnc4cn3)ccn2)CC1. The van der Waals surface area contributed by atoms with Crippen molar-refractivity contribution in [1.29, 1.82) is 0 Å². The van der Waals surface area contributed by atoms with Gasteiger partial charge in [0.25, 0.3) is 0 Å². The fourth-order valence-electron chi connectivity index (χ4n) is 4.09. The lowest BCUT2D eigenvalue weighted by atomic mass is 10.1. The number of hydrogen-bond donors (Lipinski definition) is 0. The number of rotatable bonds is 6. The second kappa shape index (κ2) is 9.29. The minimum absolute atomic E-state index is 0.0274. The highest BCUT2D eigenvalue weighted by Crippen LogP contribution is 2.24. The van der Waals surface area contributed by atoms with E-state index in [0.29, 0.717) is 17.3 Å². The van der Waals surface area contributed by atoms with Crippen LogP contribution in [0.25, 0.3) is 21.5 Å². The van der Waals surface area contributed by atoms with Crippen LogP contribution in [0.1, 0.15) is 29.9 Å². The maximum atomic E-state index is 13.1. The van der Waals surface area contributed by atoms with Crippen molar-refractivity contribution in [3.8, 4) is 10.6 Å². The van der Waals surface area contributed by atoms with Crippen molar-refractivity contribution in [3.63, 3.8) is 0 Å². The summed E-state index contributed by atoms with van der Waals surface area (Å²) in [6, 6.07) is 8.18. The zero-order valence-corrected chi connectivity index (χ0v) is 19.5. The molecule has 0 amide bonds. The molecule has 5 heterocycles. The van der Waals surface area contributed by atoms with Crippen LogP contribution in [-0.2, 0) is 6.42 Å². The largest absolute Gasteiger partial charge is 0.354 e. The highest BCUT2D eigenvalue weighted by molar-refractivity contribution is 7.12. The van der Waals surface area contributed by atoms with Gasteiger partial charge in [-0.05, 0) is 38.1 Å². The topological polar surface area (TPSA) is 88.0 Å². The molecule has 0 aliphatic carbocycles. The Balaban J connectivity index is 1.32. The third kappa shape index (κ3) is 4.74. The molecular formula is C24H25N7OS. The van der Waals surface area contributed by atoms with E-state index >= 15 is 0 Å². The number of ketones is 1. The van der Waals surface area contributed by atoms with Crippen LogP contribution in [0.3, 0.4) is 0 Å².